The molecule has 2 aliphatic rings. The molecule has 5 heteroatoms. The Hall–Kier alpha value is -0.290. The van der Waals surface area contributed by atoms with Crippen molar-refractivity contribution in [3.05, 3.63) is 0 Å². The van der Waals surface area contributed by atoms with E-state index < -0.39 is 0 Å². The van der Waals surface area contributed by atoms with Gasteiger partial charge in [-0.15, -0.1) is 0 Å². The molecule has 1 saturated carbocycles. The van der Waals surface area contributed by atoms with E-state index in [-0.39, 0.29) is 5.91 Å². The molecule has 1 amide bonds. The first kappa shape index (κ1) is 15.1. The molecule has 0 aromatic rings. The molecule has 0 N–H and O–H groups in total. The monoisotopic (exact) mass is 300 g/mol. The summed E-state index contributed by atoms with van der Waals surface area (Å²) in [5.74, 6) is 0.737. The lowest BCUT2D eigenvalue weighted by Crippen LogP contribution is -2.39. The number of thiocarbonyl (C=S) groups is 1. The van der Waals surface area contributed by atoms with Gasteiger partial charge in [-0.25, -0.2) is 0 Å². The predicted molar refractivity (Wildman–Crippen MR) is 85.5 cm³/mol. The molecule has 0 atom stereocenters. The molecule has 1 heterocycles. The number of amides is 1. The molecule has 2 rings (SSSR count). The van der Waals surface area contributed by atoms with Crippen LogP contribution in [0.2, 0.25) is 0 Å². The number of hydrogen-bond acceptors (Lipinski definition) is 3. The highest BCUT2D eigenvalue weighted by molar-refractivity contribution is 8.23. The highest BCUT2D eigenvalue weighted by Crippen LogP contribution is 2.23. The fourth-order valence-electron chi connectivity index (χ4n) is 2.89. The Kier molecular flexibility index (Phi) is 5.95. The maximum absolute atomic E-state index is 12.2. The van der Waals surface area contributed by atoms with Crippen molar-refractivity contribution < 1.29 is 4.79 Å². The molecule has 2 fully saturated rings. The molecule has 3 nitrogen and oxygen atoms in total. The van der Waals surface area contributed by atoms with Crippen LogP contribution in [-0.4, -0.2) is 52.0 Å². The van der Waals surface area contributed by atoms with Gasteiger partial charge in [0.2, 0.25) is 5.91 Å². The summed E-state index contributed by atoms with van der Waals surface area (Å²) in [6.07, 6.45) is 8.66. The van der Waals surface area contributed by atoms with E-state index in [9.17, 15) is 4.79 Å². The fourth-order valence-corrected chi connectivity index (χ4v) is 4.06. The van der Waals surface area contributed by atoms with E-state index in [2.05, 4.69) is 4.90 Å². The third kappa shape index (κ3) is 4.35. The fraction of sp³-hybridized carbons (Fsp3) is 0.857. The number of likely N-dealkylation sites (tertiary alicyclic amines) is 1. The van der Waals surface area contributed by atoms with E-state index in [0.717, 1.165) is 17.4 Å². The smallest absolute Gasteiger partial charge is 0.233 e. The molecule has 19 heavy (non-hydrogen) atoms. The van der Waals surface area contributed by atoms with E-state index >= 15 is 0 Å². The second-order valence-corrected chi connectivity index (χ2v) is 7.15. The first-order chi connectivity index (χ1) is 9.18. The van der Waals surface area contributed by atoms with Crippen LogP contribution < -0.4 is 0 Å². The van der Waals surface area contributed by atoms with Gasteiger partial charge in [0.05, 0.1) is 5.75 Å². The summed E-state index contributed by atoms with van der Waals surface area (Å²) in [7, 11) is 1.96. The van der Waals surface area contributed by atoms with Gasteiger partial charge < -0.3 is 9.80 Å². The molecule has 0 aromatic carbocycles. The van der Waals surface area contributed by atoms with E-state index in [1.807, 2.05) is 11.9 Å². The second-order valence-electron chi connectivity index (χ2n) is 5.55. The minimum absolute atomic E-state index is 0.235. The first-order valence-corrected chi connectivity index (χ1v) is 8.75. The molecule has 0 unspecified atom stereocenters. The van der Waals surface area contributed by atoms with Crippen LogP contribution in [0.25, 0.3) is 0 Å². The van der Waals surface area contributed by atoms with Crippen molar-refractivity contribution >= 4 is 34.2 Å². The van der Waals surface area contributed by atoms with Gasteiger partial charge in [-0.2, -0.15) is 0 Å². The Morgan fingerprint density at radius 2 is 1.84 bits per heavy atom. The zero-order valence-electron chi connectivity index (χ0n) is 11.8. The molecule has 0 aromatic heterocycles. The van der Waals surface area contributed by atoms with Crippen LogP contribution in [0.4, 0.5) is 0 Å². The van der Waals surface area contributed by atoms with Gasteiger partial charge >= 0.3 is 0 Å². The van der Waals surface area contributed by atoms with Gasteiger partial charge in [0.1, 0.15) is 4.32 Å². The largest absolute Gasteiger partial charge is 0.358 e. The maximum Gasteiger partial charge on any atom is 0.233 e. The zero-order chi connectivity index (χ0) is 13.7. The van der Waals surface area contributed by atoms with Crippen molar-refractivity contribution in [1.29, 1.82) is 0 Å². The first-order valence-electron chi connectivity index (χ1n) is 7.36. The van der Waals surface area contributed by atoms with Crippen molar-refractivity contribution in [2.75, 3.05) is 25.9 Å². The molecule has 0 radical (unpaired) electrons. The lowest BCUT2D eigenvalue weighted by molar-refractivity contribution is -0.129. The summed E-state index contributed by atoms with van der Waals surface area (Å²) >= 11 is 6.93. The highest BCUT2D eigenvalue weighted by Gasteiger charge is 2.23. The summed E-state index contributed by atoms with van der Waals surface area (Å²) in [5, 5.41) is 0. The molecular formula is C14H24N2OS2. The van der Waals surface area contributed by atoms with Crippen LogP contribution in [0.1, 0.15) is 44.9 Å². The lowest BCUT2D eigenvalue weighted by Gasteiger charge is -2.31. The van der Waals surface area contributed by atoms with Gasteiger partial charge in [0.15, 0.2) is 0 Å². The third-order valence-electron chi connectivity index (χ3n) is 4.20. The Balaban J connectivity index is 1.72. The average molecular weight is 300 g/mol. The summed E-state index contributed by atoms with van der Waals surface area (Å²) < 4.78 is 0.905. The SMILES string of the molecule is CN(C(=O)CSC(=S)N1CCCC1)C1CCCCC1. The summed E-state index contributed by atoms with van der Waals surface area (Å²) in [5.41, 5.74) is 0. The summed E-state index contributed by atoms with van der Waals surface area (Å²) in [6, 6.07) is 0.460. The topological polar surface area (TPSA) is 23.6 Å². The third-order valence-corrected chi connectivity index (χ3v) is 5.71. The molecule has 1 saturated heterocycles. The summed E-state index contributed by atoms with van der Waals surface area (Å²) in [6.45, 7) is 2.14. The van der Waals surface area contributed by atoms with Crippen molar-refractivity contribution in [2.24, 2.45) is 0 Å². The number of carbonyl (C=O) groups is 1. The van der Waals surface area contributed by atoms with Gasteiger partial charge in [0.25, 0.3) is 0 Å². The van der Waals surface area contributed by atoms with Gasteiger partial charge in [-0.05, 0) is 25.7 Å². The minimum Gasteiger partial charge on any atom is -0.358 e. The van der Waals surface area contributed by atoms with Crippen molar-refractivity contribution in [3.8, 4) is 0 Å². The molecular weight excluding hydrogens is 276 g/mol. The number of carbonyl (C=O) groups excluding carboxylic acids is 1. The highest BCUT2D eigenvalue weighted by atomic mass is 32.2. The van der Waals surface area contributed by atoms with Crippen LogP contribution in [-0.2, 0) is 4.79 Å². The maximum atomic E-state index is 12.2. The number of nitrogens with zero attached hydrogens (tertiary/aromatic N) is 2. The van der Waals surface area contributed by atoms with Gasteiger partial charge in [-0.3, -0.25) is 4.79 Å². The van der Waals surface area contributed by atoms with Crippen LogP contribution in [0.3, 0.4) is 0 Å². The van der Waals surface area contributed by atoms with Crippen LogP contribution >= 0.6 is 24.0 Å². The summed E-state index contributed by atoms with van der Waals surface area (Å²) in [4.78, 5) is 16.4. The molecule has 1 aliphatic heterocycles. The second kappa shape index (κ2) is 7.48. The lowest BCUT2D eigenvalue weighted by atomic mass is 9.94. The zero-order valence-corrected chi connectivity index (χ0v) is 13.4. The van der Waals surface area contributed by atoms with Crippen LogP contribution in [0, 0.1) is 0 Å². The quantitative estimate of drug-likeness (QED) is 0.748. The normalized spacial score (nSPS) is 20.6. The van der Waals surface area contributed by atoms with Crippen LogP contribution in [0.15, 0.2) is 0 Å². The predicted octanol–water partition coefficient (Wildman–Crippen LogP) is 2.89. The molecule has 108 valence electrons. The molecule has 1 aliphatic carbocycles. The van der Waals surface area contributed by atoms with E-state index in [1.54, 1.807) is 11.8 Å². The minimum atomic E-state index is 0.235. The standard InChI is InChI=1S/C14H24N2OS2/c1-15(12-7-3-2-4-8-12)13(17)11-19-14(18)16-9-5-6-10-16/h12H,2-11H2,1H3. The average Bonchev–Trinajstić information content (AvgIpc) is 2.98. The van der Waals surface area contributed by atoms with Crippen molar-refractivity contribution in [1.82, 2.24) is 9.80 Å². The number of hydrogen-bond donors (Lipinski definition) is 0. The van der Waals surface area contributed by atoms with E-state index in [1.165, 1.54) is 44.9 Å². The molecule has 0 spiro atoms. The number of thioether (sulfide) groups is 1. The number of rotatable bonds is 3. The molecule has 0 bridgehead atoms. The van der Waals surface area contributed by atoms with Gasteiger partial charge in [0, 0.05) is 26.2 Å². The van der Waals surface area contributed by atoms with E-state index in [4.69, 9.17) is 12.2 Å². The van der Waals surface area contributed by atoms with E-state index in [0.29, 0.717) is 11.8 Å². The Bertz CT molecular complexity index is 323. The van der Waals surface area contributed by atoms with Gasteiger partial charge in [-0.1, -0.05) is 43.2 Å². The van der Waals surface area contributed by atoms with Crippen LogP contribution in [0.5, 0.6) is 0 Å². The Morgan fingerprint density at radius 1 is 1.21 bits per heavy atom. The van der Waals surface area contributed by atoms with Crippen molar-refractivity contribution in [3.63, 3.8) is 0 Å². The Labute approximate surface area is 126 Å². The van der Waals surface area contributed by atoms with Crippen molar-refractivity contribution in [2.45, 2.75) is 51.0 Å². The Morgan fingerprint density at radius 3 is 2.47 bits per heavy atom.